The summed E-state index contributed by atoms with van der Waals surface area (Å²) >= 11 is 5.88. The summed E-state index contributed by atoms with van der Waals surface area (Å²) in [5, 5.41) is 6.11. The van der Waals surface area contributed by atoms with Crippen molar-refractivity contribution in [1.29, 1.82) is 0 Å². The Kier molecular flexibility index (Phi) is 7.47. The standard InChI is InChI=1S/C24H28ClN5O3/c25-18-6-8-19(9-7-18)27-22(31)16-21-24(33)26-10-11-30(21)23(32)17-28-12-14-29(15-13-28)20-4-2-1-3-5-20/h1-9,21H,10-17H2,(H,26,33)(H,27,31)/t21-/m1/s1. The van der Waals surface area contributed by atoms with E-state index in [-0.39, 0.29) is 30.7 Å². The lowest BCUT2D eigenvalue weighted by Gasteiger charge is -2.39. The molecule has 2 aliphatic rings. The Morgan fingerprint density at radius 2 is 1.67 bits per heavy atom. The predicted molar refractivity (Wildman–Crippen MR) is 128 cm³/mol. The summed E-state index contributed by atoms with van der Waals surface area (Å²) in [6.45, 7) is 4.24. The van der Waals surface area contributed by atoms with Crippen LogP contribution in [0.15, 0.2) is 54.6 Å². The average molecular weight is 470 g/mol. The second kappa shape index (κ2) is 10.7. The molecule has 0 unspecified atom stereocenters. The van der Waals surface area contributed by atoms with Crippen molar-refractivity contribution >= 4 is 40.7 Å². The van der Waals surface area contributed by atoms with Gasteiger partial charge in [-0.3, -0.25) is 19.3 Å². The number of amides is 3. The predicted octanol–water partition coefficient (Wildman–Crippen LogP) is 1.82. The molecular formula is C24H28ClN5O3. The van der Waals surface area contributed by atoms with Crippen molar-refractivity contribution < 1.29 is 14.4 Å². The number of para-hydroxylation sites is 1. The first-order valence-electron chi connectivity index (χ1n) is 11.1. The summed E-state index contributed by atoms with van der Waals surface area (Å²) in [4.78, 5) is 44.1. The number of rotatable bonds is 6. The maximum absolute atomic E-state index is 13.1. The molecule has 0 bridgehead atoms. The third-order valence-corrected chi connectivity index (χ3v) is 6.26. The van der Waals surface area contributed by atoms with E-state index in [1.54, 1.807) is 29.2 Å². The van der Waals surface area contributed by atoms with Gasteiger partial charge in [-0.15, -0.1) is 0 Å². The second-order valence-corrected chi connectivity index (χ2v) is 8.69. The van der Waals surface area contributed by atoms with Gasteiger partial charge >= 0.3 is 0 Å². The maximum atomic E-state index is 13.1. The summed E-state index contributed by atoms with van der Waals surface area (Å²) < 4.78 is 0. The van der Waals surface area contributed by atoms with Crippen LogP contribution in [0.1, 0.15) is 6.42 Å². The molecule has 2 N–H and O–H groups in total. The fraction of sp³-hybridized carbons (Fsp3) is 0.375. The number of anilines is 2. The van der Waals surface area contributed by atoms with Gasteiger partial charge in [-0.25, -0.2) is 0 Å². The van der Waals surface area contributed by atoms with Gasteiger partial charge in [-0.1, -0.05) is 29.8 Å². The van der Waals surface area contributed by atoms with E-state index < -0.39 is 6.04 Å². The van der Waals surface area contributed by atoms with Crippen LogP contribution in [-0.2, 0) is 14.4 Å². The molecule has 2 saturated heterocycles. The normalized spacial score (nSPS) is 19.2. The Bertz CT molecular complexity index is 977. The van der Waals surface area contributed by atoms with Gasteiger partial charge in [0.1, 0.15) is 6.04 Å². The molecule has 0 radical (unpaired) electrons. The number of carbonyl (C=O) groups is 3. The van der Waals surface area contributed by atoms with Gasteiger partial charge in [0.05, 0.1) is 13.0 Å². The van der Waals surface area contributed by atoms with Gasteiger partial charge in [0.2, 0.25) is 17.7 Å². The average Bonchev–Trinajstić information content (AvgIpc) is 2.83. The fourth-order valence-corrected chi connectivity index (χ4v) is 4.35. The van der Waals surface area contributed by atoms with Crippen molar-refractivity contribution in [3.8, 4) is 0 Å². The SMILES string of the molecule is O=C(C[C@@H]1C(=O)NCCN1C(=O)CN1CCN(c2ccccc2)CC1)Nc1ccc(Cl)cc1. The lowest BCUT2D eigenvalue weighted by atomic mass is 10.1. The van der Waals surface area contributed by atoms with Crippen LogP contribution in [0.4, 0.5) is 11.4 Å². The zero-order chi connectivity index (χ0) is 23.2. The molecule has 0 saturated carbocycles. The van der Waals surface area contributed by atoms with Gasteiger partial charge < -0.3 is 20.4 Å². The van der Waals surface area contributed by atoms with Crippen molar-refractivity contribution in [3.05, 3.63) is 59.6 Å². The first kappa shape index (κ1) is 23.1. The van der Waals surface area contributed by atoms with Crippen molar-refractivity contribution in [3.63, 3.8) is 0 Å². The van der Waals surface area contributed by atoms with E-state index in [0.717, 1.165) is 26.2 Å². The largest absolute Gasteiger partial charge is 0.369 e. The zero-order valence-corrected chi connectivity index (χ0v) is 19.1. The number of halogens is 1. The molecule has 9 heteroatoms. The minimum absolute atomic E-state index is 0.0953. The van der Waals surface area contributed by atoms with E-state index >= 15 is 0 Å². The maximum Gasteiger partial charge on any atom is 0.243 e. The minimum atomic E-state index is -0.816. The smallest absolute Gasteiger partial charge is 0.243 e. The first-order valence-corrected chi connectivity index (χ1v) is 11.5. The van der Waals surface area contributed by atoms with E-state index in [1.165, 1.54) is 5.69 Å². The molecule has 2 aliphatic heterocycles. The van der Waals surface area contributed by atoms with Crippen molar-refractivity contribution in [2.75, 3.05) is 56.0 Å². The molecule has 0 spiro atoms. The number of carbonyl (C=O) groups excluding carboxylic acids is 3. The zero-order valence-electron chi connectivity index (χ0n) is 18.4. The summed E-state index contributed by atoms with van der Waals surface area (Å²) in [6.07, 6.45) is -0.0953. The Hall–Kier alpha value is -3.10. The second-order valence-electron chi connectivity index (χ2n) is 8.25. The summed E-state index contributed by atoms with van der Waals surface area (Å²) in [5.41, 5.74) is 1.78. The number of hydrogen-bond acceptors (Lipinski definition) is 5. The van der Waals surface area contributed by atoms with Crippen LogP contribution >= 0.6 is 11.6 Å². The van der Waals surface area contributed by atoms with E-state index in [9.17, 15) is 14.4 Å². The summed E-state index contributed by atoms with van der Waals surface area (Å²) in [7, 11) is 0. The highest BCUT2D eigenvalue weighted by Gasteiger charge is 2.35. The number of benzene rings is 2. The van der Waals surface area contributed by atoms with E-state index in [4.69, 9.17) is 11.6 Å². The summed E-state index contributed by atoms with van der Waals surface area (Å²) in [5.74, 6) is -0.745. The van der Waals surface area contributed by atoms with Crippen molar-refractivity contribution in [2.24, 2.45) is 0 Å². The molecule has 2 fully saturated rings. The molecule has 1 atom stereocenters. The van der Waals surface area contributed by atoms with E-state index in [1.807, 2.05) is 18.2 Å². The lowest BCUT2D eigenvalue weighted by Crippen LogP contribution is -2.60. The minimum Gasteiger partial charge on any atom is -0.369 e. The monoisotopic (exact) mass is 469 g/mol. The van der Waals surface area contributed by atoms with Gasteiger partial charge in [0, 0.05) is 55.7 Å². The van der Waals surface area contributed by atoms with Crippen LogP contribution in [0.25, 0.3) is 0 Å². The highest BCUT2D eigenvalue weighted by Crippen LogP contribution is 2.18. The van der Waals surface area contributed by atoms with Crippen LogP contribution in [0, 0.1) is 0 Å². The highest BCUT2D eigenvalue weighted by atomic mass is 35.5. The molecule has 174 valence electrons. The molecule has 0 aliphatic carbocycles. The number of piperazine rings is 2. The van der Waals surface area contributed by atoms with E-state index in [0.29, 0.717) is 23.8 Å². The van der Waals surface area contributed by atoms with Gasteiger partial charge in [-0.2, -0.15) is 0 Å². The number of nitrogens with one attached hydrogen (secondary N) is 2. The Morgan fingerprint density at radius 1 is 0.970 bits per heavy atom. The first-order chi connectivity index (χ1) is 16.0. The third-order valence-electron chi connectivity index (χ3n) is 6.01. The molecule has 2 heterocycles. The Morgan fingerprint density at radius 3 is 2.36 bits per heavy atom. The van der Waals surface area contributed by atoms with Crippen LogP contribution in [0.2, 0.25) is 5.02 Å². The number of hydrogen-bond donors (Lipinski definition) is 2. The highest BCUT2D eigenvalue weighted by molar-refractivity contribution is 6.30. The van der Waals surface area contributed by atoms with E-state index in [2.05, 4.69) is 32.6 Å². The third kappa shape index (κ3) is 6.03. The van der Waals surface area contributed by atoms with Gasteiger partial charge in [-0.05, 0) is 36.4 Å². The number of nitrogens with zero attached hydrogens (tertiary/aromatic N) is 3. The fourth-order valence-electron chi connectivity index (χ4n) is 4.22. The van der Waals surface area contributed by atoms with Crippen LogP contribution in [0.3, 0.4) is 0 Å². The van der Waals surface area contributed by atoms with Crippen LogP contribution in [-0.4, -0.2) is 79.4 Å². The Balaban J connectivity index is 1.32. The van der Waals surface area contributed by atoms with Crippen LogP contribution < -0.4 is 15.5 Å². The molecular weight excluding hydrogens is 442 g/mol. The Labute approximate surface area is 198 Å². The van der Waals surface area contributed by atoms with Gasteiger partial charge in [0.15, 0.2) is 0 Å². The molecule has 2 aromatic carbocycles. The quantitative estimate of drug-likeness (QED) is 0.674. The lowest BCUT2D eigenvalue weighted by molar-refractivity contribution is -0.145. The topological polar surface area (TPSA) is 85.0 Å². The van der Waals surface area contributed by atoms with Crippen molar-refractivity contribution in [1.82, 2.24) is 15.1 Å². The molecule has 2 aromatic rings. The van der Waals surface area contributed by atoms with Gasteiger partial charge in [0.25, 0.3) is 0 Å². The molecule has 0 aromatic heterocycles. The van der Waals surface area contributed by atoms with Crippen LogP contribution in [0.5, 0.6) is 0 Å². The summed E-state index contributed by atoms with van der Waals surface area (Å²) in [6, 6.07) is 16.2. The molecule has 8 nitrogen and oxygen atoms in total. The molecule has 4 rings (SSSR count). The molecule has 33 heavy (non-hydrogen) atoms. The van der Waals surface area contributed by atoms with Crippen molar-refractivity contribution in [2.45, 2.75) is 12.5 Å². The molecule has 3 amide bonds.